The average Bonchev–Trinajstić information content (AvgIpc) is 2.73. The lowest BCUT2D eigenvalue weighted by Gasteiger charge is -2.09. The third-order valence-electron chi connectivity index (χ3n) is 4.14. The smallest absolute Gasteiger partial charge is 0.343 e. The minimum Gasteiger partial charge on any atom is -0.422 e. The molecule has 0 radical (unpaired) electrons. The fourth-order valence-corrected chi connectivity index (χ4v) is 2.79. The number of halogens is 1. The molecule has 0 heterocycles. The number of rotatable bonds is 5. The van der Waals surface area contributed by atoms with Gasteiger partial charge in [0.1, 0.15) is 17.4 Å². The molecule has 6 heteroatoms. The molecule has 0 aromatic heterocycles. The standard InChI is InChI=1S/C24H17ClN2O3/c1-16-5-4-7-21(13-16)27-23(28)19(15-26)14-18-6-2-3-8-22(18)30-24(29)17-9-11-20(25)12-10-17/h2-14H,1H3,(H,27,28)/b19-14+. The van der Waals surface area contributed by atoms with Gasteiger partial charge in [-0.3, -0.25) is 4.79 Å². The molecule has 1 amide bonds. The fourth-order valence-electron chi connectivity index (χ4n) is 2.66. The number of benzene rings is 3. The largest absolute Gasteiger partial charge is 0.422 e. The third kappa shape index (κ3) is 5.34. The first-order valence-electron chi connectivity index (χ1n) is 9.03. The zero-order valence-electron chi connectivity index (χ0n) is 16.1. The van der Waals surface area contributed by atoms with Gasteiger partial charge in [-0.05, 0) is 61.0 Å². The highest BCUT2D eigenvalue weighted by Gasteiger charge is 2.14. The van der Waals surface area contributed by atoms with Crippen LogP contribution >= 0.6 is 11.6 Å². The van der Waals surface area contributed by atoms with E-state index in [-0.39, 0.29) is 11.3 Å². The van der Waals surface area contributed by atoms with Crippen molar-refractivity contribution in [2.24, 2.45) is 0 Å². The summed E-state index contributed by atoms with van der Waals surface area (Å²) in [6, 6.07) is 22.1. The van der Waals surface area contributed by atoms with Crippen LogP contribution in [0.15, 0.2) is 78.4 Å². The van der Waals surface area contributed by atoms with Crippen molar-refractivity contribution in [3.63, 3.8) is 0 Å². The maximum absolute atomic E-state index is 12.5. The topological polar surface area (TPSA) is 79.2 Å². The van der Waals surface area contributed by atoms with Gasteiger partial charge in [0, 0.05) is 16.3 Å². The Kier molecular flexibility index (Phi) is 6.63. The number of nitriles is 1. The van der Waals surface area contributed by atoms with Gasteiger partial charge in [0.05, 0.1) is 5.56 Å². The first-order valence-corrected chi connectivity index (χ1v) is 9.40. The highest BCUT2D eigenvalue weighted by atomic mass is 35.5. The lowest BCUT2D eigenvalue weighted by atomic mass is 10.1. The lowest BCUT2D eigenvalue weighted by molar-refractivity contribution is -0.112. The van der Waals surface area contributed by atoms with Crippen LogP contribution in [-0.2, 0) is 4.79 Å². The molecule has 0 aliphatic rings. The molecule has 0 saturated carbocycles. The molecule has 3 aromatic rings. The Morgan fingerprint density at radius 1 is 1.03 bits per heavy atom. The van der Waals surface area contributed by atoms with Gasteiger partial charge < -0.3 is 10.1 Å². The second-order valence-electron chi connectivity index (χ2n) is 6.43. The number of nitrogens with zero attached hydrogens (tertiary/aromatic N) is 1. The van der Waals surface area contributed by atoms with Crippen molar-refractivity contribution in [3.05, 3.63) is 100 Å². The van der Waals surface area contributed by atoms with E-state index in [0.29, 0.717) is 21.8 Å². The van der Waals surface area contributed by atoms with Gasteiger partial charge in [-0.1, -0.05) is 41.9 Å². The number of hydrogen-bond donors (Lipinski definition) is 1. The highest BCUT2D eigenvalue weighted by Crippen LogP contribution is 2.23. The number of amides is 1. The lowest BCUT2D eigenvalue weighted by Crippen LogP contribution is -2.13. The van der Waals surface area contributed by atoms with Crippen LogP contribution in [-0.4, -0.2) is 11.9 Å². The Balaban J connectivity index is 1.83. The second-order valence-corrected chi connectivity index (χ2v) is 6.86. The number of aryl methyl sites for hydroxylation is 1. The van der Waals surface area contributed by atoms with Gasteiger partial charge in [0.2, 0.25) is 0 Å². The molecule has 0 aliphatic carbocycles. The van der Waals surface area contributed by atoms with E-state index in [2.05, 4.69) is 5.32 Å². The van der Waals surface area contributed by atoms with Gasteiger partial charge in [0.15, 0.2) is 0 Å². The number of carbonyl (C=O) groups excluding carboxylic acids is 2. The minimum atomic E-state index is -0.574. The molecule has 0 spiro atoms. The number of esters is 1. The maximum Gasteiger partial charge on any atom is 0.343 e. The fraction of sp³-hybridized carbons (Fsp3) is 0.0417. The van der Waals surface area contributed by atoms with E-state index < -0.39 is 11.9 Å². The van der Waals surface area contributed by atoms with Gasteiger partial charge in [-0.2, -0.15) is 5.26 Å². The van der Waals surface area contributed by atoms with Crippen molar-refractivity contribution in [2.75, 3.05) is 5.32 Å². The van der Waals surface area contributed by atoms with Crippen molar-refractivity contribution in [1.82, 2.24) is 0 Å². The summed E-state index contributed by atoms with van der Waals surface area (Å²) in [4.78, 5) is 24.9. The van der Waals surface area contributed by atoms with Crippen molar-refractivity contribution < 1.29 is 14.3 Å². The van der Waals surface area contributed by atoms with Crippen LogP contribution in [0.3, 0.4) is 0 Å². The monoisotopic (exact) mass is 416 g/mol. The third-order valence-corrected chi connectivity index (χ3v) is 4.39. The van der Waals surface area contributed by atoms with Crippen molar-refractivity contribution >= 4 is 35.2 Å². The Labute approximate surface area is 179 Å². The zero-order chi connectivity index (χ0) is 21.5. The summed E-state index contributed by atoms with van der Waals surface area (Å²) in [5.41, 5.74) is 2.21. The summed E-state index contributed by atoms with van der Waals surface area (Å²) in [5.74, 6) is -0.897. The van der Waals surface area contributed by atoms with E-state index in [4.69, 9.17) is 16.3 Å². The Morgan fingerprint density at radius 3 is 2.47 bits per heavy atom. The zero-order valence-corrected chi connectivity index (χ0v) is 16.8. The molecule has 5 nitrogen and oxygen atoms in total. The first kappa shape index (κ1) is 20.8. The van der Waals surface area contributed by atoms with Crippen LogP contribution in [0.4, 0.5) is 5.69 Å². The molecule has 30 heavy (non-hydrogen) atoms. The molecular formula is C24H17ClN2O3. The number of anilines is 1. The van der Waals surface area contributed by atoms with E-state index in [1.165, 1.54) is 6.08 Å². The van der Waals surface area contributed by atoms with Crippen LogP contribution in [0, 0.1) is 18.3 Å². The van der Waals surface area contributed by atoms with Crippen LogP contribution in [0.5, 0.6) is 5.75 Å². The SMILES string of the molecule is Cc1cccc(NC(=O)/C(C#N)=C/c2ccccc2OC(=O)c2ccc(Cl)cc2)c1. The summed E-state index contributed by atoms with van der Waals surface area (Å²) in [6.45, 7) is 1.90. The van der Waals surface area contributed by atoms with Crippen molar-refractivity contribution in [1.29, 1.82) is 5.26 Å². The van der Waals surface area contributed by atoms with E-state index in [0.717, 1.165) is 5.56 Å². The summed E-state index contributed by atoms with van der Waals surface area (Å²) in [7, 11) is 0. The number of para-hydroxylation sites is 1. The van der Waals surface area contributed by atoms with Gasteiger partial charge >= 0.3 is 5.97 Å². The van der Waals surface area contributed by atoms with Crippen LogP contribution < -0.4 is 10.1 Å². The number of ether oxygens (including phenoxy) is 1. The molecule has 0 fully saturated rings. The van der Waals surface area contributed by atoms with E-state index in [1.807, 2.05) is 25.1 Å². The van der Waals surface area contributed by atoms with E-state index in [9.17, 15) is 14.9 Å². The van der Waals surface area contributed by atoms with Crippen LogP contribution in [0.2, 0.25) is 5.02 Å². The number of hydrogen-bond acceptors (Lipinski definition) is 4. The molecule has 1 N–H and O–H groups in total. The Morgan fingerprint density at radius 2 is 1.77 bits per heavy atom. The van der Waals surface area contributed by atoms with Gasteiger partial charge in [0.25, 0.3) is 5.91 Å². The summed E-state index contributed by atoms with van der Waals surface area (Å²) in [5, 5.41) is 12.7. The minimum absolute atomic E-state index is 0.119. The quantitative estimate of drug-likeness (QED) is 0.261. The molecule has 148 valence electrons. The number of carbonyl (C=O) groups is 2. The summed E-state index contributed by atoms with van der Waals surface area (Å²) in [6.07, 6.45) is 1.38. The van der Waals surface area contributed by atoms with Crippen molar-refractivity contribution in [3.8, 4) is 11.8 Å². The van der Waals surface area contributed by atoms with Crippen molar-refractivity contribution in [2.45, 2.75) is 6.92 Å². The average molecular weight is 417 g/mol. The predicted molar refractivity (Wildman–Crippen MR) is 116 cm³/mol. The van der Waals surface area contributed by atoms with Gasteiger partial charge in [-0.15, -0.1) is 0 Å². The van der Waals surface area contributed by atoms with E-state index >= 15 is 0 Å². The molecule has 0 aliphatic heterocycles. The summed E-state index contributed by atoms with van der Waals surface area (Å²) >= 11 is 5.84. The predicted octanol–water partition coefficient (Wildman–Crippen LogP) is 5.41. The second kappa shape index (κ2) is 9.55. The Bertz CT molecular complexity index is 1160. The molecular weight excluding hydrogens is 400 g/mol. The molecule has 3 aromatic carbocycles. The summed E-state index contributed by atoms with van der Waals surface area (Å²) < 4.78 is 5.46. The molecule has 0 unspecified atom stereocenters. The molecule has 0 saturated heterocycles. The number of nitrogens with one attached hydrogen (secondary N) is 1. The Hall–Kier alpha value is -3.88. The van der Waals surface area contributed by atoms with Crippen LogP contribution in [0.1, 0.15) is 21.5 Å². The highest BCUT2D eigenvalue weighted by molar-refractivity contribution is 6.30. The normalized spacial score (nSPS) is 10.8. The first-order chi connectivity index (χ1) is 14.5. The molecule has 0 atom stereocenters. The molecule has 3 rings (SSSR count). The van der Waals surface area contributed by atoms with Gasteiger partial charge in [-0.25, -0.2) is 4.79 Å². The molecule has 0 bridgehead atoms. The maximum atomic E-state index is 12.5. The van der Waals surface area contributed by atoms with E-state index in [1.54, 1.807) is 60.7 Å². The van der Waals surface area contributed by atoms with Crippen LogP contribution in [0.25, 0.3) is 6.08 Å².